The van der Waals surface area contributed by atoms with Crippen LogP contribution in [-0.2, 0) is 17.6 Å². The van der Waals surface area contributed by atoms with Crippen LogP contribution in [0.5, 0.6) is 0 Å². The Morgan fingerprint density at radius 3 is 2.42 bits per heavy atom. The summed E-state index contributed by atoms with van der Waals surface area (Å²) >= 11 is 17.8. The first kappa shape index (κ1) is 14.9. The highest BCUT2D eigenvalue weighted by molar-refractivity contribution is 7.17. The first-order valence-corrected chi connectivity index (χ1v) is 7.58. The minimum atomic E-state index is -2.07. The predicted octanol–water partition coefficient (Wildman–Crippen LogP) is 3.03. The summed E-state index contributed by atoms with van der Waals surface area (Å²) in [7, 11) is 0. The van der Waals surface area contributed by atoms with Crippen molar-refractivity contribution in [3.8, 4) is 0 Å². The molecule has 2 amide bonds. The van der Waals surface area contributed by atoms with E-state index in [1.165, 1.54) is 11.3 Å². The summed E-state index contributed by atoms with van der Waals surface area (Å²) in [5.41, 5.74) is 6.65. The zero-order valence-corrected chi connectivity index (χ0v) is 12.8. The number of aryl methyl sites for hydroxylation is 1. The van der Waals surface area contributed by atoms with Gasteiger partial charge in [0.1, 0.15) is 5.00 Å². The summed E-state index contributed by atoms with van der Waals surface area (Å²) < 4.78 is -2.07. The van der Waals surface area contributed by atoms with E-state index < -0.39 is 15.6 Å². The number of hydrogen-bond acceptors (Lipinski definition) is 3. The summed E-state index contributed by atoms with van der Waals surface area (Å²) in [6.07, 6.45) is 3.73. The molecule has 0 saturated heterocycles. The number of thiophene rings is 1. The molecular formula is C11H11Cl3N2O2S. The van der Waals surface area contributed by atoms with Crippen LogP contribution in [0.3, 0.4) is 0 Å². The molecule has 8 heteroatoms. The van der Waals surface area contributed by atoms with Crippen LogP contribution in [0.15, 0.2) is 0 Å². The molecule has 0 bridgehead atoms. The average molecular weight is 342 g/mol. The average Bonchev–Trinajstić information content (AvgIpc) is 2.65. The minimum Gasteiger partial charge on any atom is -0.365 e. The lowest BCUT2D eigenvalue weighted by Gasteiger charge is -2.12. The fraction of sp³-hybridized carbons (Fsp3) is 0.455. The van der Waals surface area contributed by atoms with Gasteiger partial charge < -0.3 is 11.1 Å². The van der Waals surface area contributed by atoms with Gasteiger partial charge in [0.25, 0.3) is 15.6 Å². The SMILES string of the molecule is NC(=O)c1c(NC(=O)C(Cl)(Cl)Cl)sc2c1CCCC2. The summed E-state index contributed by atoms with van der Waals surface area (Å²) in [5, 5.41) is 2.84. The number of rotatable bonds is 2. The Hall–Kier alpha value is -0.490. The first-order chi connectivity index (χ1) is 8.80. The molecule has 1 aromatic heterocycles. The molecule has 0 radical (unpaired) electrons. The lowest BCUT2D eigenvalue weighted by molar-refractivity contribution is -0.115. The van der Waals surface area contributed by atoms with Crippen LogP contribution in [0.25, 0.3) is 0 Å². The van der Waals surface area contributed by atoms with Crippen molar-refractivity contribution in [2.24, 2.45) is 5.73 Å². The van der Waals surface area contributed by atoms with Crippen LogP contribution >= 0.6 is 46.1 Å². The highest BCUT2D eigenvalue weighted by Gasteiger charge is 2.33. The van der Waals surface area contributed by atoms with Gasteiger partial charge in [-0.3, -0.25) is 9.59 Å². The van der Waals surface area contributed by atoms with Crippen molar-refractivity contribution in [2.75, 3.05) is 5.32 Å². The van der Waals surface area contributed by atoms with E-state index in [1.807, 2.05) is 0 Å². The van der Waals surface area contributed by atoms with Crippen LogP contribution < -0.4 is 11.1 Å². The number of amides is 2. The molecule has 3 N–H and O–H groups in total. The zero-order valence-electron chi connectivity index (χ0n) is 9.76. The third-order valence-electron chi connectivity index (χ3n) is 2.90. The number of carbonyl (C=O) groups excluding carboxylic acids is 2. The first-order valence-electron chi connectivity index (χ1n) is 5.63. The second kappa shape index (κ2) is 5.48. The van der Waals surface area contributed by atoms with Gasteiger partial charge in [0, 0.05) is 4.88 Å². The van der Waals surface area contributed by atoms with Crippen LogP contribution in [0.1, 0.15) is 33.6 Å². The number of carbonyl (C=O) groups is 2. The number of anilines is 1. The largest absolute Gasteiger partial charge is 0.365 e. The fourth-order valence-electron chi connectivity index (χ4n) is 2.09. The molecule has 0 atom stereocenters. The van der Waals surface area contributed by atoms with Crippen LogP contribution in [0.2, 0.25) is 0 Å². The Balaban J connectivity index is 2.38. The third-order valence-corrected chi connectivity index (χ3v) is 4.62. The van der Waals surface area contributed by atoms with E-state index in [-0.39, 0.29) is 0 Å². The van der Waals surface area contributed by atoms with E-state index in [0.717, 1.165) is 36.1 Å². The smallest absolute Gasteiger partial charge is 0.277 e. The maximum absolute atomic E-state index is 11.7. The molecule has 1 aliphatic carbocycles. The van der Waals surface area contributed by atoms with Crippen molar-refractivity contribution in [1.82, 2.24) is 0 Å². The second-order valence-electron chi connectivity index (χ2n) is 4.23. The van der Waals surface area contributed by atoms with Gasteiger partial charge in [-0.1, -0.05) is 34.8 Å². The molecule has 0 saturated carbocycles. The van der Waals surface area contributed by atoms with E-state index in [1.54, 1.807) is 0 Å². The van der Waals surface area contributed by atoms with Gasteiger partial charge in [-0.25, -0.2) is 0 Å². The summed E-state index contributed by atoms with van der Waals surface area (Å²) in [4.78, 5) is 24.3. The molecule has 1 heterocycles. The normalized spacial score (nSPS) is 14.9. The van der Waals surface area contributed by atoms with Crippen LogP contribution in [-0.4, -0.2) is 15.6 Å². The van der Waals surface area contributed by atoms with Crippen molar-refractivity contribution in [3.05, 3.63) is 16.0 Å². The molecule has 1 aromatic rings. The maximum Gasteiger partial charge on any atom is 0.277 e. The molecule has 2 rings (SSSR count). The molecule has 1 aliphatic rings. The van der Waals surface area contributed by atoms with Gasteiger partial charge in [0.2, 0.25) is 0 Å². The summed E-state index contributed by atoms with van der Waals surface area (Å²) in [5.74, 6) is -1.36. The Bertz CT molecular complexity index is 537. The molecule has 0 aliphatic heterocycles. The number of primary amides is 1. The number of hydrogen-bond donors (Lipinski definition) is 2. The van der Waals surface area contributed by atoms with Gasteiger partial charge >= 0.3 is 0 Å². The van der Waals surface area contributed by atoms with Crippen molar-refractivity contribution in [1.29, 1.82) is 0 Å². The van der Waals surface area contributed by atoms with Crippen molar-refractivity contribution >= 4 is 63.0 Å². The predicted molar refractivity (Wildman–Crippen MR) is 78.4 cm³/mol. The van der Waals surface area contributed by atoms with E-state index in [9.17, 15) is 9.59 Å². The highest BCUT2D eigenvalue weighted by atomic mass is 35.6. The Labute approximate surface area is 129 Å². The van der Waals surface area contributed by atoms with Crippen molar-refractivity contribution in [2.45, 2.75) is 29.5 Å². The van der Waals surface area contributed by atoms with E-state index in [4.69, 9.17) is 40.5 Å². The summed E-state index contributed by atoms with van der Waals surface area (Å²) in [6.45, 7) is 0. The molecule has 104 valence electrons. The van der Waals surface area contributed by atoms with Gasteiger partial charge in [-0.15, -0.1) is 11.3 Å². The highest BCUT2D eigenvalue weighted by Crippen LogP contribution is 2.39. The van der Waals surface area contributed by atoms with Gasteiger partial charge in [0.05, 0.1) is 5.56 Å². The van der Waals surface area contributed by atoms with E-state index in [0.29, 0.717) is 10.6 Å². The number of nitrogens with two attached hydrogens (primary N) is 1. The van der Waals surface area contributed by atoms with E-state index in [2.05, 4.69) is 5.32 Å². The zero-order chi connectivity index (χ0) is 14.2. The molecule has 0 unspecified atom stereocenters. The number of alkyl halides is 3. The Morgan fingerprint density at radius 2 is 1.84 bits per heavy atom. The molecular weight excluding hydrogens is 331 g/mol. The minimum absolute atomic E-state index is 0.349. The molecule has 19 heavy (non-hydrogen) atoms. The molecule has 0 fully saturated rings. The van der Waals surface area contributed by atoms with Crippen LogP contribution in [0.4, 0.5) is 5.00 Å². The number of fused-ring (bicyclic) bond motifs is 1. The molecule has 4 nitrogen and oxygen atoms in total. The Kier molecular flexibility index (Phi) is 4.30. The number of nitrogens with one attached hydrogen (secondary N) is 1. The third kappa shape index (κ3) is 3.16. The van der Waals surface area contributed by atoms with Gasteiger partial charge in [-0.05, 0) is 31.2 Å². The molecule has 0 spiro atoms. The fourth-order valence-corrected chi connectivity index (χ4v) is 3.52. The van der Waals surface area contributed by atoms with Crippen LogP contribution in [0, 0.1) is 0 Å². The maximum atomic E-state index is 11.7. The van der Waals surface area contributed by atoms with E-state index >= 15 is 0 Å². The van der Waals surface area contributed by atoms with Gasteiger partial charge in [0.15, 0.2) is 0 Å². The van der Waals surface area contributed by atoms with Crippen molar-refractivity contribution < 1.29 is 9.59 Å². The monoisotopic (exact) mass is 340 g/mol. The lowest BCUT2D eigenvalue weighted by Crippen LogP contribution is -2.28. The standard InChI is InChI=1S/C11H11Cl3N2O2S/c12-11(13,14)10(18)16-9-7(8(15)17)5-3-1-2-4-6(5)19-9/h1-4H2,(H2,15,17)(H,16,18). The van der Waals surface area contributed by atoms with Gasteiger partial charge in [-0.2, -0.15) is 0 Å². The number of halogens is 3. The lowest BCUT2D eigenvalue weighted by atomic mass is 9.95. The molecule has 0 aromatic carbocycles. The second-order valence-corrected chi connectivity index (χ2v) is 7.62. The quantitative estimate of drug-likeness (QED) is 0.812. The summed E-state index contributed by atoms with van der Waals surface area (Å²) in [6, 6.07) is 0. The topological polar surface area (TPSA) is 72.2 Å². The van der Waals surface area contributed by atoms with Crippen molar-refractivity contribution in [3.63, 3.8) is 0 Å². The Morgan fingerprint density at radius 1 is 1.21 bits per heavy atom.